The van der Waals surface area contributed by atoms with Gasteiger partial charge in [-0.15, -0.1) is 0 Å². The molecule has 1 unspecified atom stereocenters. The first-order valence-electron chi connectivity index (χ1n) is 9.75. The van der Waals surface area contributed by atoms with Crippen LogP contribution < -0.4 is 10.6 Å². The van der Waals surface area contributed by atoms with Crippen LogP contribution in [0.2, 0.25) is 0 Å². The van der Waals surface area contributed by atoms with Crippen molar-refractivity contribution >= 4 is 23.3 Å². The maximum absolute atomic E-state index is 12.1. The Labute approximate surface area is 167 Å². The second-order valence-electron chi connectivity index (χ2n) is 7.47. The Kier molecular flexibility index (Phi) is 4.15. The van der Waals surface area contributed by atoms with Gasteiger partial charge in [0.25, 0.3) is 5.91 Å². The monoisotopic (exact) mass is 391 g/mol. The average Bonchev–Trinajstić information content (AvgIpc) is 3.17. The van der Waals surface area contributed by atoms with E-state index in [4.69, 9.17) is 10.7 Å². The lowest BCUT2D eigenvalue weighted by atomic mass is 9.99. The smallest absolute Gasteiger partial charge is 0.268 e. The van der Waals surface area contributed by atoms with E-state index in [1.165, 1.54) is 6.20 Å². The molecular formula is C20H21N7O2. The van der Waals surface area contributed by atoms with Crippen LogP contribution in [0, 0.1) is 0 Å². The number of carbonyl (C=O) groups excluding carboxylic acids is 2. The van der Waals surface area contributed by atoms with Crippen LogP contribution in [0.4, 0.5) is 5.82 Å². The number of imidazole rings is 1. The van der Waals surface area contributed by atoms with E-state index in [0.717, 1.165) is 49.7 Å². The molecule has 3 aromatic heterocycles. The summed E-state index contributed by atoms with van der Waals surface area (Å²) in [4.78, 5) is 41.1. The second kappa shape index (κ2) is 6.84. The van der Waals surface area contributed by atoms with Crippen molar-refractivity contribution in [2.75, 3.05) is 24.5 Å². The number of piperazine rings is 1. The van der Waals surface area contributed by atoms with Gasteiger partial charge in [-0.1, -0.05) is 6.07 Å². The van der Waals surface area contributed by atoms with Crippen molar-refractivity contribution < 1.29 is 9.59 Å². The summed E-state index contributed by atoms with van der Waals surface area (Å²) in [6, 6.07) is 6.13. The van der Waals surface area contributed by atoms with Crippen LogP contribution in [0.3, 0.4) is 0 Å². The number of rotatable bonds is 3. The van der Waals surface area contributed by atoms with Gasteiger partial charge in [0.15, 0.2) is 5.65 Å². The van der Waals surface area contributed by atoms with Gasteiger partial charge in [0.1, 0.15) is 11.5 Å². The predicted octanol–water partition coefficient (Wildman–Crippen LogP) is 1.09. The Morgan fingerprint density at radius 3 is 2.93 bits per heavy atom. The van der Waals surface area contributed by atoms with Crippen LogP contribution in [0.15, 0.2) is 36.8 Å². The first-order valence-corrected chi connectivity index (χ1v) is 9.75. The lowest BCUT2D eigenvalue weighted by Gasteiger charge is -2.44. The molecule has 2 N–H and O–H groups in total. The summed E-state index contributed by atoms with van der Waals surface area (Å²) in [7, 11) is 0. The van der Waals surface area contributed by atoms with Crippen molar-refractivity contribution in [2.45, 2.75) is 25.3 Å². The highest BCUT2D eigenvalue weighted by Crippen LogP contribution is 2.27. The molecule has 2 saturated heterocycles. The van der Waals surface area contributed by atoms with Crippen LogP contribution in [0.5, 0.6) is 0 Å². The number of hydrogen-bond donors (Lipinski definition) is 1. The number of amides is 2. The molecule has 5 heterocycles. The van der Waals surface area contributed by atoms with Crippen LogP contribution in [0.25, 0.3) is 17.0 Å². The van der Waals surface area contributed by atoms with E-state index in [9.17, 15) is 9.59 Å². The summed E-state index contributed by atoms with van der Waals surface area (Å²) in [5, 5.41) is 0. The number of anilines is 1. The number of hydrogen-bond acceptors (Lipinski definition) is 6. The van der Waals surface area contributed by atoms with Crippen LogP contribution >= 0.6 is 0 Å². The minimum Gasteiger partial charge on any atom is -0.364 e. The molecule has 0 aliphatic carbocycles. The van der Waals surface area contributed by atoms with E-state index in [-0.39, 0.29) is 17.6 Å². The van der Waals surface area contributed by atoms with E-state index in [2.05, 4.69) is 14.9 Å². The Hall–Kier alpha value is -3.49. The Balaban J connectivity index is 1.46. The van der Waals surface area contributed by atoms with Gasteiger partial charge < -0.3 is 15.5 Å². The summed E-state index contributed by atoms with van der Waals surface area (Å²) in [6.45, 7) is 2.30. The van der Waals surface area contributed by atoms with Gasteiger partial charge in [0.05, 0.1) is 23.8 Å². The van der Waals surface area contributed by atoms with Crippen LogP contribution in [-0.4, -0.2) is 61.7 Å². The molecule has 0 bridgehead atoms. The standard InChI is InChI=1S/C20H21N7O2/c21-20(29)15-12-27-16(9-23-18(27)10-22-15)14-4-2-5-17(24-14)25-7-8-26-13(11-25)3-1-6-19(26)28/h2,4-5,9-10,12-13H,1,3,6-8,11H2,(H2,21,29). The molecule has 2 aliphatic rings. The first-order chi connectivity index (χ1) is 14.1. The second-order valence-corrected chi connectivity index (χ2v) is 7.47. The highest BCUT2D eigenvalue weighted by Gasteiger charge is 2.33. The highest BCUT2D eigenvalue weighted by molar-refractivity contribution is 5.90. The fourth-order valence-corrected chi connectivity index (χ4v) is 4.22. The molecule has 2 fully saturated rings. The summed E-state index contributed by atoms with van der Waals surface area (Å²) in [5.74, 6) is 0.555. The summed E-state index contributed by atoms with van der Waals surface area (Å²) in [5.41, 5.74) is 7.66. The third-order valence-electron chi connectivity index (χ3n) is 5.70. The van der Waals surface area contributed by atoms with E-state index in [1.807, 2.05) is 23.1 Å². The molecular weight excluding hydrogens is 370 g/mol. The molecule has 2 amide bonds. The summed E-state index contributed by atoms with van der Waals surface area (Å²) < 4.78 is 1.77. The number of pyridine rings is 1. The van der Waals surface area contributed by atoms with E-state index in [1.54, 1.807) is 16.8 Å². The first kappa shape index (κ1) is 17.6. The fraction of sp³-hybridized carbons (Fsp3) is 0.350. The van der Waals surface area contributed by atoms with Gasteiger partial charge in [0, 0.05) is 38.3 Å². The largest absolute Gasteiger partial charge is 0.364 e. The quantitative estimate of drug-likeness (QED) is 0.716. The summed E-state index contributed by atoms with van der Waals surface area (Å²) >= 11 is 0. The van der Waals surface area contributed by atoms with Crippen molar-refractivity contribution in [3.8, 4) is 11.4 Å². The minimum absolute atomic E-state index is 0.172. The molecule has 9 nitrogen and oxygen atoms in total. The van der Waals surface area contributed by atoms with Gasteiger partial charge in [-0.3, -0.25) is 14.0 Å². The molecule has 3 aromatic rings. The molecule has 5 rings (SSSR count). The zero-order chi connectivity index (χ0) is 20.0. The maximum Gasteiger partial charge on any atom is 0.268 e. The molecule has 29 heavy (non-hydrogen) atoms. The SMILES string of the molecule is NC(=O)c1cn2c(-c3cccc(N4CCN5C(=O)CCCC5C4)n3)cnc2cn1. The topological polar surface area (TPSA) is 110 Å². The number of carbonyl (C=O) groups is 2. The number of nitrogens with zero attached hydrogens (tertiary/aromatic N) is 6. The highest BCUT2D eigenvalue weighted by atomic mass is 16.2. The molecule has 0 radical (unpaired) electrons. The molecule has 1 atom stereocenters. The molecule has 148 valence electrons. The number of aromatic nitrogens is 4. The lowest BCUT2D eigenvalue weighted by molar-refractivity contribution is -0.136. The van der Waals surface area contributed by atoms with Crippen molar-refractivity contribution in [1.29, 1.82) is 0 Å². The third-order valence-corrected chi connectivity index (χ3v) is 5.70. The van der Waals surface area contributed by atoms with Gasteiger partial charge in [-0.25, -0.2) is 15.0 Å². The van der Waals surface area contributed by atoms with Crippen LogP contribution in [0.1, 0.15) is 29.8 Å². The van der Waals surface area contributed by atoms with Crippen molar-refractivity contribution in [3.05, 3.63) is 42.5 Å². The van der Waals surface area contributed by atoms with E-state index >= 15 is 0 Å². The van der Waals surface area contributed by atoms with Crippen molar-refractivity contribution in [1.82, 2.24) is 24.3 Å². The van der Waals surface area contributed by atoms with Crippen molar-refractivity contribution in [3.63, 3.8) is 0 Å². The Morgan fingerprint density at radius 2 is 2.07 bits per heavy atom. The maximum atomic E-state index is 12.1. The van der Waals surface area contributed by atoms with Gasteiger partial charge >= 0.3 is 0 Å². The number of primary amides is 1. The fourth-order valence-electron chi connectivity index (χ4n) is 4.22. The average molecular weight is 391 g/mol. The number of nitrogens with two attached hydrogens (primary N) is 1. The van der Waals surface area contributed by atoms with Crippen LogP contribution in [-0.2, 0) is 4.79 Å². The van der Waals surface area contributed by atoms with E-state index < -0.39 is 5.91 Å². The molecule has 9 heteroatoms. The van der Waals surface area contributed by atoms with Gasteiger partial charge in [-0.2, -0.15) is 0 Å². The third kappa shape index (κ3) is 3.08. The normalized spacial score (nSPS) is 19.4. The number of piperidine rings is 1. The van der Waals surface area contributed by atoms with Gasteiger partial charge in [0.2, 0.25) is 5.91 Å². The molecule has 0 aromatic carbocycles. The molecule has 0 spiro atoms. The number of fused-ring (bicyclic) bond motifs is 2. The van der Waals surface area contributed by atoms with Gasteiger partial charge in [-0.05, 0) is 25.0 Å². The van der Waals surface area contributed by atoms with E-state index in [0.29, 0.717) is 12.1 Å². The lowest BCUT2D eigenvalue weighted by Crippen LogP contribution is -2.57. The Morgan fingerprint density at radius 1 is 1.17 bits per heavy atom. The predicted molar refractivity (Wildman–Crippen MR) is 106 cm³/mol. The minimum atomic E-state index is -0.590. The zero-order valence-corrected chi connectivity index (χ0v) is 15.9. The van der Waals surface area contributed by atoms with Crippen molar-refractivity contribution in [2.24, 2.45) is 5.73 Å². The zero-order valence-electron chi connectivity index (χ0n) is 15.9. The molecule has 0 saturated carbocycles. The Bertz CT molecular complexity index is 1110. The molecule has 2 aliphatic heterocycles. The summed E-state index contributed by atoms with van der Waals surface area (Å²) in [6.07, 6.45) is 7.48.